The number of halogens is 5. The average molecular weight is 678 g/mol. The van der Waals surface area contributed by atoms with E-state index in [9.17, 15) is 22.8 Å². The van der Waals surface area contributed by atoms with Crippen molar-refractivity contribution in [2.24, 2.45) is 5.73 Å². The second kappa shape index (κ2) is 13.6. The van der Waals surface area contributed by atoms with Gasteiger partial charge in [-0.1, -0.05) is 47.5 Å². The van der Waals surface area contributed by atoms with Crippen molar-refractivity contribution in [3.8, 4) is 11.5 Å². The summed E-state index contributed by atoms with van der Waals surface area (Å²) in [6, 6.07) is 14.4. The third-order valence-electron chi connectivity index (χ3n) is 8.48. The zero-order chi connectivity index (χ0) is 33.2. The van der Waals surface area contributed by atoms with Crippen LogP contribution in [0.1, 0.15) is 47.1 Å². The molecule has 0 bridgehead atoms. The van der Waals surface area contributed by atoms with E-state index in [0.717, 1.165) is 22.8 Å². The third-order valence-corrected chi connectivity index (χ3v) is 9.22. The molecule has 0 unspecified atom stereocenters. The van der Waals surface area contributed by atoms with E-state index in [4.69, 9.17) is 43.1 Å². The first kappa shape index (κ1) is 33.6. The molecule has 1 amide bonds. The molecule has 0 atom stereocenters. The lowest BCUT2D eigenvalue weighted by Gasteiger charge is -2.35. The highest BCUT2D eigenvalue weighted by molar-refractivity contribution is 6.32. The molecule has 3 aromatic rings. The normalized spacial score (nSPS) is 16.2. The molecule has 1 saturated carbocycles. The van der Waals surface area contributed by atoms with Gasteiger partial charge in [0.1, 0.15) is 36.9 Å². The Labute approximate surface area is 275 Å². The Morgan fingerprint density at radius 1 is 0.978 bits per heavy atom. The van der Waals surface area contributed by atoms with Crippen molar-refractivity contribution in [2.75, 3.05) is 26.3 Å². The molecule has 46 heavy (non-hydrogen) atoms. The van der Waals surface area contributed by atoms with Gasteiger partial charge in [-0.3, -0.25) is 9.69 Å². The maximum absolute atomic E-state index is 13.5. The van der Waals surface area contributed by atoms with E-state index in [2.05, 4.69) is 0 Å². The van der Waals surface area contributed by atoms with Gasteiger partial charge in [0.25, 0.3) is 0 Å². The molecule has 12 heteroatoms. The minimum atomic E-state index is -4.65. The fourth-order valence-electron chi connectivity index (χ4n) is 5.54. The predicted octanol–water partition coefficient (Wildman–Crippen LogP) is 7.31. The van der Waals surface area contributed by atoms with Gasteiger partial charge < -0.3 is 19.9 Å². The van der Waals surface area contributed by atoms with Crippen LogP contribution in [-0.2, 0) is 27.1 Å². The van der Waals surface area contributed by atoms with Crippen LogP contribution in [0.5, 0.6) is 11.5 Å². The van der Waals surface area contributed by atoms with E-state index < -0.39 is 40.8 Å². The maximum atomic E-state index is 13.5. The lowest BCUT2D eigenvalue weighted by Crippen LogP contribution is -2.50. The molecule has 0 aromatic heterocycles. The van der Waals surface area contributed by atoms with Gasteiger partial charge in [0.05, 0.1) is 21.2 Å². The van der Waals surface area contributed by atoms with Gasteiger partial charge in [-0.2, -0.15) is 13.2 Å². The van der Waals surface area contributed by atoms with Crippen LogP contribution in [0.25, 0.3) is 5.57 Å². The molecule has 244 valence electrons. The smallest absolute Gasteiger partial charge is 0.417 e. The minimum Gasteiger partial charge on any atom is -0.490 e. The summed E-state index contributed by atoms with van der Waals surface area (Å²) in [6.07, 6.45) is -3.05. The van der Waals surface area contributed by atoms with Crippen LogP contribution < -0.4 is 15.2 Å². The standard InChI is InChI=1S/C34H33Cl2F3N2O5/c1-20-16-28(35)29(17-21(20)2)45-15-14-44-24-8-6-22(7-9-24)25-10-13-41(33(11-12-33)32(40)43)18-26(25)31(42)46-19-23-4-3-5-27(30(23)36)34(37,38)39/h3-9,16-17H,10-15,18-19H2,1-2H3,(H2,40,43). The Morgan fingerprint density at radius 3 is 2.30 bits per heavy atom. The van der Waals surface area contributed by atoms with Crippen molar-refractivity contribution in [3.63, 3.8) is 0 Å². The number of primary amides is 1. The Balaban J connectivity index is 1.30. The number of esters is 1. The van der Waals surface area contributed by atoms with Crippen LogP contribution in [0.4, 0.5) is 13.2 Å². The molecule has 7 nitrogen and oxygen atoms in total. The van der Waals surface area contributed by atoms with E-state index in [0.29, 0.717) is 53.5 Å². The number of benzene rings is 3. The number of hydrogen-bond acceptors (Lipinski definition) is 6. The van der Waals surface area contributed by atoms with Crippen molar-refractivity contribution in [1.29, 1.82) is 0 Å². The molecule has 0 radical (unpaired) electrons. The zero-order valence-electron chi connectivity index (χ0n) is 25.3. The Kier molecular flexibility index (Phi) is 9.91. The number of carbonyl (C=O) groups is 2. The van der Waals surface area contributed by atoms with Gasteiger partial charge in [-0.15, -0.1) is 0 Å². The second-order valence-corrected chi connectivity index (χ2v) is 12.3. The van der Waals surface area contributed by atoms with Gasteiger partial charge >= 0.3 is 12.1 Å². The highest BCUT2D eigenvalue weighted by atomic mass is 35.5. The van der Waals surface area contributed by atoms with E-state index in [1.807, 2.05) is 43.0 Å². The number of aryl methyl sites for hydroxylation is 2. The van der Waals surface area contributed by atoms with Gasteiger partial charge in [-0.05, 0) is 85.7 Å². The number of amides is 1. The highest BCUT2D eigenvalue weighted by Crippen LogP contribution is 2.45. The lowest BCUT2D eigenvalue weighted by atomic mass is 9.92. The van der Waals surface area contributed by atoms with Crippen LogP contribution in [0, 0.1) is 13.8 Å². The van der Waals surface area contributed by atoms with Crippen LogP contribution in [-0.4, -0.2) is 48.6 Å². The molecular formula is C34H33Cl2F3N2O5. The van der Waals surface area contributed by atoms with Crippen LogP contribution in [0.2, 0.25) is 10.0 Å². The third kappa shape index (κ3) is 7.29. The first-order valence-electron chi connectivity index (χ1n) is 14.7. The molecule has 1 fully saturated rings. The van der Waals surface area contributed by atoms with E-state index >= 15 is 0 Å². The summed E-state index contributed by atoms with van der Waals surface area (Å²) in [4.78, 5) is 27.6. The monoisotopic (exact) mass is 676 g/mol. The highest BCUT2D eigenvalue weighted by Gasteiger charge is 2.54. The van der Waals surface area contributed by atoms with Crippen LogP contribution in [0.3, 0.4) is 0 Å². The van der Waals surface area contributed by atoms with Crippen molar-refractivity contribution in [2.45, 2.75) is 51.4 Å². The topological polar surface area (TPSA) is 91.1 Å². The summed E-state index contributed by atoms with van der Waals surface area (Å²) in [7, 11) is 0. The number of nitrogens with zero attached hydrogens (tertiary/aromatic N) is 1. The number of rotatable bonds is 11. The SMILES string of the molecule is Cc1cc(Cl)c(OCCOc2ccc(C3=C(C(=O)OCc4cccc(C(F)(F)F)c4Cl)CN(C4(C(N)=O)CC4)CC3)cc2)cc1C. The van der Waals surface area contributed by atoms with Gasteiger partial charge in [0.2, 0.25) is 5.91 Å². The summed E-state index contributed by atoms with van der Waals surface area (Å²) in [6.45, 7) is 4.64. The Hall–Kier alpha value is -3.73. The summed E-state index contributed by atoms with van der Waals surface area (Å²) in [5, 5.41) is 0.00784. The van der Waals surface area contributed by atoms with Crippen LogP contribution >= 0.6 is 23.2 Å². The van der Waals surface area contributed by atoms with Gasteiger partial charge in [-0.25, -0.2) is 4.79 Å². The largest absolute Gasteiger partial charge is 0.490 e. The average Bonchev–Trinajstić information content (AvgIpc) is 3.83. The maximum Gasteiger partial charge on any atom is 0.417 e. The molecule has 1 heterocycles. The Morgan fingerprint density at radius 2 is 1.65 bits per heavy atom. The van der Waals surface area contributed by atoms with Gasteiger partial charge in [0.15, 0.2) is 0 Å². The van der Waals surface area contributed by atoms with Crippen molar-refractivity contribution in [1.82, 2.24) is 4.90 Å². The number of alkyl halides is 3. The molecule has 0 spiro atoms. The lowest BCUT2D eigenvalue weighted by molar-refractivity contribution is -0.141. The number of hydrogen-bond donors (Lipinski definition) is 1. The second-order valence-electron chi connectivity index (χ2n) is 11.5. The molecule has 0 saturated heterocycles. The van der Waals surface area contributed by atoms with Crippen molar-refractivity contribution < 1.29 is 37.0 Å². The summed E-state index contributed by atoms with van der Waals surface area (Å²) < 4.78 is 57.2. The number of carbonyl (C=O) groups excluding carboxylic acids is 2. The van der Waals surface area contributed by atoms with E-state index in [1.54, 1.807) is 12.1 Å². The van der Waals surface area contributed by atoms with E-state index in [-0.39, 0.29) is 25.3 Å². The van der Waals surface area contributed by atoms with E-state index in [1.165, 1.54) is 12.1 Å². The fraction of sp³-hybridized carbons (Fsp3) is 0.353. The zero-order valence-corrected chi connectivity index (χ0v) is 26.8. The molecule has 1 aliphatic heterocycles. The number of nitrogens with two attached hydrogens (primary N) is 1. The summed E-state index contributed by atoms with van der Waals surface area (Å²) in [5.41, 5.74) is 7.80. The quantitative estimate of drug-likeness (QED) is 0.169. The first-order chi connectivity index (χ1) is 21.8. The molecule has 2 aliphatic rings. The molecule has 3 aromatic carbocycles. The van der Waals surface area contributed by atoms with Gasteiger partial charge in [0, 0.05) is 18.7 Å². The van der Waals surface area contributed by atoms with Crippen molar-refractivity contribution in [3.05, 3.63) is 98.0 Å². The van der Waals surface area contributed by atoms with Crippen LogP contribution in [0.15, 0.2) is 60.2 Å². The summed E-state index contributed by atoms with van der Waals surface area (Å²) in [5.74, 6) is 0.00667. The molecule has 2 N–H and O–H groups in total. The first-order valence-corrected chi connectivity index (χ1v) is 15.5. The minimum absolute atomic E-state index is 0.0284. The molecular weight excluding hydrogens is 644 g/mol. The molecule has 5 rings (SSSR count). The number of ether oxygens (including phenoxy) is 3. The fourth-order valence-corrected chi connectivity index (χ4v) is 6.10. The Bertz CT molecular complexity index is 1670. The molecule has 1 aliphatic carbocycles. The summed E-state index contributed by atoms with van der Waals surface area (Å²) >= 11 is 12.3. The van der Waals surface area contributed by atoms with Crippen molar-refractivity contribution >= 4 is 40.7 Å². The predicted molar refractivity (Wildman–Crippen MR) is 169 cm³/mol.